The molecule has 18 heavy (non-hydrogen) atoms. The van der Waals surface area contributed by atoms with Gasteiger partial charge in [0.25, 0.3) is 0 Å². The van der Waals surface area contributed by atoms with Crippen LogP contribution in [0.2, 0.25) is 0 Å². The van der Waals surface area contributed by atoms with Gasteiger partial charge in [-0.15, -0.1) is 0 Å². The van der Waals surface area contributed by atoms with Crippen LogP contribution in [0.1, 0.15) is 12.8 Å². The first kappa shape index (κ1) is 17.6. The molecule has 0 saturated carbocycles. The van der Waals surface area contributed by atoms with Crippen LogP contribution in [0.15, 0.2) is 0 Å². The number of esters is 1. The summed E-state index contributed by atoms with van der Waals surface area (Å²) < 4.78 is 7.11. The highest BCUT2D eigenvalue weighted by Crippen LogP contribution is 2.25. The molecule has 1 heterocycles. The predicted octanol–water partition coefficient (Wildman–Crippen LogP) is 1.36. The molecule has 9 heteroatoms. The van der Waals surface area contributed by atoms with Gasteiger partial charge in [0.15, 0.2) is 0 Å². The number of nitrogens with one attached hydrogen (secondary N) is 1. The molecule has 0 unspecified atom stereocenters. The van der Waals surface area contributed by atoms with Gasteiger partial charge in [-0.3, -0.25) is 4.79 Å². The van der Waals surface area contributed by atoms with Gasteiger partial charge in [0.1, 0.15) is 12.6 Å². The average Bonchev–Trinajstić information content (AvgIpc) is 2.79. The Balaban J connectivity index is 0.000000321. The summed E-state index contributed by atoms with van der Waals surface area (Å²) in [5.41, 5.74) is 4.56. The molecule has 1 aliphatic heterocycles. The minimum atomic E-state index is -1.57. The number of amides is 1. The normalized spacial score (nSPS) is 18.6. The van der Waals surface area contributed by atoms with Crippen molar-refractivity contribution in [2.45, 2.75) is 22.7 Å². The third-order valence-electron chi connectivity index (χ3n) is 1.92. The lowest BCUT2D eigenvalue weighted by Gasteiger charge is -2.08. The molecule has 1 rings (SSSR count). The van der Waals surface area contributed by atoms with E-state index in [0.717, 1.165) is 19.4 Å². The Morgan fingerprint density at radius 3 is 2.33 bits per heavy atom. The largest absolute Gasteiger partial charge is 0.468 e. The lowest BCUT2D eigenvalue weighted by atomic mass is 10.2. The molecule has 1 saturated heterocycles. The molecular formula is C9H15Cl3N2O4. The van der Waals surface area contributed by atoms with Crippen LogP contribution in [0.5, 0.6) is 0 Å². The molecule has 0 aromatic rings. The number of hydrogen-bond donors (Lipinski definition) is 2. The summed E-state index contributed by atoms with van der Waals surface area (Å²) in [4.78, 5) is 20.6. The highest BCUT2D eigenvalue weighted by molar-refractivity contribution is 6.67. The molecule has 0 aromatic heterocycles. The van der Waals surface area contributed by atoms with Gasteiger partial charge < -0.3 is 20.5 Å². The van der Waals surface area contributed by atoms with E-state index in [1.54, 1.807) is 0 Å². The van der Waals surface area contributed by atoms with E-state index in [4.69, 9.17) is 34.8 Å². The van der Waals surface area contributed by atoms with Crippen molar-refractivity contribution in [1.29, 1.82) is 0 Å². The van der Waals surface area contributed by atoms with Crippen LogP contribution >= 0.6 is 34.8 Å². The predicted molar refractivity (Wildman–Crippen MR) is 68.9 cm³/mol. The minimum absolute atomic E-state index is 0.0324. The maximum atomic E-state index is 10.7. The number of nitrogens with two attached hydrogens (primary N) is 1. The summed E-state index contributed by atoms with van der Waals surface area (Å²) >= 11 is 15.5. The van der Waals surface area contributed by atoms with Gasteiger partial charge in [-0.25, -0.2) is 4.79 Å². The third kappa shape index (κ3) is 9.58. The molecule has 0 bridgehead atoms. The van der Waals surface area contributed by atoms with Gasteiger partial charge in [0.05, 0.1) is 7.11 Å². The second-order valence-electron chi connectivity index (χ2n) is 3.39. The SMILES string of the molecule is COC(=O)[C@@H]1CCCN1.NC(=O)OCC(Cl)(Cl)Cl. The number of carbonyl (C=O) groups is 2. The second-order valence-corrected chi connectivity index (χ2v) is 5.91. The maximum absolute atomic E-state index is 10.7. The van der Waals surface area contributed by atoms with E-state index in [1.165, 1.54) is 7.11 Å². The first-order valence-corrected chi connectivity index (χ1v) is 6.20. The zero-order valence-corrected chi connectivity index (χ0v) is 12.0. The maximum Gasteiger partial charge on any atom is 0.404 e. The van der Waals surface area contributed by atoms with Crippen molar-refractivity contribution < 1.29 is 19.1 Å². The van der Waals surface area contributed by atoms with Crippen molar-refractivity contribution in [2.75, 3.05) is 20.3 Å². The van der Waals surface area contributed by atoms with E-state index in [2.05, 4.69) is 20.5 Å². The monoisotopic (exact) mass is 320 g/mol. The molecule has 1 fully saturated rings. The van der Waals surface area contributed by atoms with Crippen molar-refractivity contribution in [3.63, 3.8) is 0 Å². The summed E-state index contributed by atoms with van der Waals surface area (Å²) in [5, 5.41) is 3.03. The number of carbonyl (C=O) groups excluding carboxylic acids is 2. The van der Waals surface area contributed by atoms with Crippen LogP contribution in [0.4, 0.5) is 4.79 Å². The smallest absolute Gasteiger partial charge is 0.404 e. The van der Waals surface area contributed by atoms with Crippen molar-refractivity contribution in [1.82, 2.24) is 5.32 Å². The van der Waals surface area contributed by atoms with Crippen LogP contribution in [0.3, 0.4) is 0 Å². The van der Waals surface area contributed by atoms with Crippen LogP contribution in [0.25, 0.3) is 0 Å². The van der Waals surface area contributed by atoms with Crippen molar-refractivity contribution in [3.05, 3.63) is 0 Å². The molecule has 0 aliphatic carbocycles. The number of primary amides is 1. The van der Waals surface area contributed by atoms with Gasteiger partial charge in [-0.2, -0.15) is 0 Å². The van der Waals surface area contributed by atoms with Crippen LogP contribution in [-0.4, -0.2) is 42.2 Å². The highest BCUT2D eigenvalue weighted by Gasteiger charge is 2.22. The van der Waals surface area contributed by atoms with Crippen LogP contribution in [-0.2, 0) is 14.3 Å². The first-order chi connectivity index (χ1) is 8.26. The topological polar surface area (TPSA) is 90.6 Å². The Hall–Kier alpha value is -0.430. The van der Waals surface area contributed by atoms with Crippen LogP contribution in [0, 0.1) is 0 Å². The Morgan fingerprint density at radius 1 is 1.44 bits per heavy atom. The summed E-state index contributed by atoms with van der Waals surface area (Å²) in [6.45, 7) is 0.618. The van der Waals surface area contributed by atoms with Crippen molar-refractivity contribution in [2.24, 2.45) is 5.73 Å². The number of hydrogen-bond acceptors (Lipinski definition) is 5. The molecule has 1 amide bonds. The standard InChI is InChI=1S/C6H11NO2.C3H4Cl3NO2/c1-9-6(8)5-3-2-4-7-5;4-3(5,6)1-9-2(7)8/h5,7H,2-4H2,1H3;1H2,(H2,7,8)/t5-;/m0./s1. The fourth-order valence-electron chi connectivity index (χ4n) is 1.18. The molecule has 106 valence electrons. The van der Waals surface area contributed by atoms with Gasteiger partial charge in [-0.1, -0.05) is 34.8 Å². The van der Waals surface area contributed by atoms with E-state index in [9.17, 15) is 9.59 Å². The van der Waals surface area contributed by atoms with E-state index >= 15 is 0 Å². The van der Waals surface area contributed by atoms with Crippen molar-refractivity contribution in [3.8, 4) is 0 Å². The first-order valence-electron chi connectivity index (χ1n) is 5.06. The zero-order valence-electron chi connectivity index (χ0n) is 9.75. The summed E-state index contributed by atoms with van der Waals surface area (Å²) in [6, 6.07) is -0.0324. The molecule has 1 atom stereocenters. The number of alkyl halides is 3. The highest BCUT2D eigenvalue weighted by atomic mass is 35.6. The number of halogens is 3. The van der Waals surface area contributed by atoms with Gasteiger partial charge in [0.2, 0.25) is 3.79 Å². The Kier molecular flexibility index (Phi) is 8.43. The van der Waals surface area contributed by atoms with E-state index < -0.39 is 9.89 Å². The van der Waals surface area contributed by atoms with E-state index in [0.29, 0.717) is 0 Å². The zero-order chi connectivity index (χ0) is 14.2. The van der Waals surface area contributed by atoms with Crippen molar-refractivity contribution >= 4 is 46.9 Å². The van der Waals surface area contributed by atoms with Gasteiger partial charge in [0, 0.05) is 0 Å². The quantitative estimate of drug-likeness (QED) is 0.592. The number of methoxy groups -OCH3 is 1. The number of ether oxygens (including phenoxy) is 2. The lowest BCUT2D eigenvalue weighted by molar-refractivity contribution is -0.142. The molecule has 0 spiro atoms. The summed E-state index contributed by atoms with van der Waals surface area (Å²) in [5.74, 6) is -0.132. The second kappa shape index (κ2) is 8.63. The fraction of sp³-hybridized carbons (Fsp3) is 0.778. The van der Waals surface area contributed by atoms with Crippen LogP contribution < -0.4 is 11.1 Å². The third-order valence-corrected chi connectivity index (χ3v) is 2.25. The van der Waals surface area contributed by atoms with E-state index in [-0.39, 0.29) is 18.6 Å². The molecule has 3 N–H and O–H groups in total. The Bertz CT molecular complexity index is 277. The molecule has 1 aliphatic rings. The average molecular weight is 322 g/mol. The Morgan fingerprint density at radius 2 is 2.06 bits per heavy atom. The van der Waals surface area contributed by atoms with Gasteiger partial charge >= 0.3 is 12.1 Å². The molecule has 0 aromatic carbocycles. The summed E-state index contributed by atoms with van der Waals surface area (Å²) in [7, 11) is 1.42. The Labute approximate surface area is 120 Å². The fourth-order valence-corrected chi connectivity index (χ4v) is 1.34. The van der Waals surface area contributed by atoms with Gasteiger partial charge in [-0.05, 0) is 19.4 Å². The minimum Gasteiger partial charge on any atom is -0.468 e. The molecule has 0 radical (unpaired) electrons. The lowest BCUT2D eigenvalue weighted by Crippen LogP contribution is -2.31. The van der Waals surface area contributed by atoms with E-state index in [1.807, 2.05) is 0 Å². The molecule has 6 nitrogen and oxygen atoms in total. The molecular weight excluding hydrogens is 306 g/mol. The summed E-state index contributed by atoms with van der Waals surface area (Å²) in [6.07, 6.45) is 1.05. The number of rotatable bonds is 2.